The first-order valence-electron chi connectivity index (χ1n) is 12.4. The third-order valence-corrected chi connectivity index (χ3v) is 8.20. The first kappa shape index (κ1) is 20.7. The van der Waals surface area contributed by atoms with Crippen LogP contribution >= 0.6 is 0 Å². The molecule has 0 aromatic heterocycles. The first-order valence-corrected chi connectivity index (χ1v) is 12.4. The van der Waals surface area contributed by atoms with Crippen LogP contribution in [-0.4, -0.2) is 12.7 Å². The minimum absolute atomic E-state index is 0.594. The molecule has 3 rings (SSSR count). The van der Waals surface area contributed by atoms with Gasteiger partial charge in [0, 0.05) is 6.61 Å². The molecule has 0 aromatic carbocycles. The molecule has 0 radical (unpaired) electrons. The fourth-order valence-corrected chi connectivity index (χ4v) is 6.45. The van der Waals surface area contributed by atoms with E-state index in [1.165, 1.54) is 103 Å². The van der Waals surface area contributed by atoms with E-state index in [0.29, 0.717) is 6.10 Å². The second-order valence-electron chi connectivity index (χ2n) is 10.1. The molecule has 0 aromatic rings. The van der Waals surface area contributed by atoms with E-state index in [2.05, 4.69) is 13.8 Å². The van der Waals surface area contributed by atoms with Gasteiger partial charge in [-0.05, 0) is 81.0 Å². The summed E-state index contributed by atoms with van der Waals surface area (Å²) in [6.45, 7) is 5.75. The van der Waals surface area contributed by atoms with Crippen LogP contribution in [0.5, 0.6) is 0 Å². The van der Waals surface area contributed by atoms with Crippen molar-refractivity contribution in [2.24, 2.45) is 29.6 Å². The Morgan fingerprint density at radius 3 is 1.46 bits per heavy atom. The minimum Gasteiger partial charge on any atom is -0.378 e. The molecular weight excluding hydrogens is 316 g/mol. The molecule has 3 saturated carbocycles. The van der Waals surface area contributed by atoms with E-state index in [0.717, 1.165) is 36.2 Å². The average Bonchev–Trinajstić information content (AvgIpc) is 2.69. The molecule has 0 unspecified atom stereocenters. The van der Waals surface area contributed by atoms with E-state index in [1.807, 2.05) is 0 Å². The molecule has 3 aliphatic carbocycles. The quantitative estimate of drug-likeness (QED) is 0.428. The van der Waals surface area contributed by atoms with Crippen molar-refractivity contribution in [3.63, 3.8) is 0 Å². The molecule has 0 heterocycles. The summed E-state index contributed by atoms with van der Waals surface area (Å²) in [5.41, 5.74) is 0. The van der Waals surface area contributed by atoms with Crippen LogP contribution in [0.4, 0.5) is 0 Å². The molecule has 3 fully saturated rings. The lowest BCUT2D eigenvalue weighted by Crippen LogP contribution is -2.30. The Kier molecular flexibility index (Phi) is 8.82. The van der Waals surface area contributed by atoms with Crippen LogP contribution in [0.15, 0.2) is 0 Å². The van der Waals surface area contributed by atoms with Crippen molar-refractivity contribution in [3.05, 3.63) is 0 Å². The Bertz CT molecular complexity index is 354. The van der Waals surface area contributed by atoms with Crippen LogP contribution < -0.4 is 0 Å². The van der Waals surface area contributed by atoms with Crippen LogP contribution in [-0.2, 0) is 4.74 Å². The van der Waals surface area contributed by atoms with Gasteiger partial charge in [-0.2, -0.15) is 0 Å². The van der Waals surface area contributed by atoms with Gasteiger partial charge in [0.1, 0.15) is 0 Å². The molecule has 0 amide bonds. The lowest BCUT2D eigenvalue weighted by molar-refractivity contribution is -0.0171. The molecule has 0 bridgehead atoms. The van der Waals surface area contributed by atoms with Crippen molar-refractivity contribution in [2.45, 2.75) is 123 Å². The van der Waals surface area contributed by atoms with E-state index in [4.69, 9.17) is 4.74 Å². The fourth-order valence-electron chi connectivity index (χ4n) is 6.45. The van der Waals surface area contributed by atoms with Crippen molar-refractivity contribution < 1.29 is 4.74 Å². The number of hydrogen-bond acceptors (Lipinski definition) is 1. The molecule has 26 heavy (non-hydrogen) atoms. The minimum atomic E-state index is 0.594. The topological polar surface area (TPSA) is 9.23 Å². The summed E-state index contributed by atoms with van der Waals surface area (Å²) in [6.07, 6.45) is 23.8. The van der Waals surface area contributed by atoms with Gasteiger partial charge < -0.3 is 4.74 Å². The summed E-state index contributed by atoms with van der Waals surface area (Å²) in [5, 5.41) is 0. The van der Waals surface area contributed by atoms with Crippen molar-refractivity contribution in [1.29, 1.82) is 0 Å². The standard InChI is InChI=1S/C25H46O/c1-3-5-20-7-9-22(10-8-20)19-26-25-17-15-24(16-18-25)23-13-11-21(6-4-2)12-14-23/h20-25H,3-19H2,1-2H3. The highest BCUT2D eigenvalue weighted by Crippen LogP contribution is 2.41. The Hall–Kier alpha value is -0.0400. The van der Waals surface area contributed by atoms with Gasteiger partial charge in [-0.1, -0.05) is 65.2 Å². The number of rotatable bonds is 8. The van der Waals surface area contributed by atoms with Crippen molar-refractivity contribution in [1.82, 2.24) is 0 Å². The SMILES string of the molecule is CCCC1CCC(COC2CCC(C3CCC(CCC)CC3)CC2)CC1. The molecule has 0 aliphatic heterocycles. The largest absolute Gasteiger partial charge is 0.378 e. The first-order chi connectivity index (χ1) is 12.8. The predicted molar refractivity (Wildman–Crippen MR) is 112 cm³/mol. The maximum Gasteiger partial charge on any atom is 0.0575 e. The summed E-state index contributed by atoms with van der Waals surface area (Å²) in [5.74, 6) is 5.04. The van der Waals surface area contributed by atoms with Crippen LogP contribution in [0.1, 0.15) is 117 Å². The van der Waals surface area contributed by atoms with Gasteiger partial charge in [0.25, 0.3) is 0 Å². The summed E-state index contributed by atoms with van der Waals surface area (Å²) in [4.78, 5) is 0. The van der Waals surface area contributed by atoms with Gasteiger partial charge in [-0.3, -0.25) is 0 Å². The van der Waals surface area contributed by atoms with Crippen LogP contribution in [0.25, 0.3) is 0 Å². The van der Waals surface area contributed by atoms with Crippen LogP contribution in [0.2, 0.25) is 0 Å². The second-order valence-corrected chi connectivity index (χ2v) is 10.1. The van der Waals surface area contributed by atoms with E-state index in [1.54, 1.807) is 0 Å². The Morgan fingerprint density at radius 1 is 0.538 bits per heavy atom. The van der Waals surface area contributed by atoms with Crippen LogP contribution in [0, 0.1) is 29.6 Å². The zero-order valence-corrected chi connectivity index (χ0v) is 17.9. The van der Waals surface area contributed by atoms with Gasteiger partial charge in [0.15, 0.2) is 0 Å². The van der Waals surface area contributed by atoms with Gasteiger partial charge in [-0.15, -0.1) is 0 Å². The Balaban J connectivity index is 1.27. The molecular formula is C25H46O. The third kappa shape index (κ3) is 6.25. The zero-order chi connectivity index (χ0) is 18.2. The maximum atomic E-state index is 6.40. The lowest BCUT2D eigenvalue weighted by Gasteiger charge is -2.38. The highest BCUT2D eigenvalue weighted by molar-refractivity contribution is 4.82. The molecule has 1 heteroatoms. The molecule has 0 spiro atoms. The molecule has 0 atom stereocenters. The molecule has 152 valence electrons. The third-order valence-electron chi connectivity index (χ3n) is 8.20. The fraction of sp³-hybridized carbons (Fsp3) is 1.00. The van der Waals surface area contributed by atoms with Crippen molar-refractivity contribution in [3.8, 4) is 0 Å². The van der Waals surface area contributed by atoms with Crippen molar-refractivity contribution in [2.75, 3.05) is 6.61 Å². The monoisotopic (exact) mass is 362 g/mol. The van der Waals surface area contributed by atoms with Crippen molar-refractivity contribution >= 4 is 0 Å². The predicted octanol–water partition coefficient (Wildman–Crippen LogP) is 7.77. The Labute approximate surface area is 164 Å². The average molecular weight is 363 g/mol. The van der Waals surface area contributed by atoms with Gasteiger partial charge in [0.2, 0.25) is 0 Å². The summed E-state index contributed by atoms with van der Waals surface area (Å²) in [6, 6.07) is 0. The second kappa shape index (κ2) is 11.1. The number of ether oxygens (including phenoxy) is 1. The van der Waals surface area contributed by atoms with Gasteiger partial charge in [0.05, 0.1) is 6.10 Å². The highest BCUT2D eigenvalue weighted by atomic mass is 16.5. The maximum absolute atomic E-state index is 6.40. The molecule has 0 saturated heterocycles. The van der Waals surface area contributed by atoms with E-state index < -0.39 is 0 Å². The van der Waals surface area contributed by atoms with Gasteiger partial charge >= 0.3 is 0 Å². The van der Waals surface area contributed by atoms with Crippen LogP contribution in [0.3, 0.4) is 0 Å². The summed E-state index contributed by atoms with van der Waals surface area (Å²) < 4.78 is 6.40. The highest BCUT2D eigenvalue weighted by Gasteiger charge is 2.31. The summed E-state index contributed by atoms with van der Waals surface area (Å²) in [7, 11) is 0. The number of hydrogen-bond donors (Lipinski definition) is 0. The van der Waals surface area contributed by atoms with E-state index in [-0.39, 0.29) is 0 Å². The van der Waals surface area contributed by atoms with E-state index in [9.17, 15) is 0 Å². The zero-order valence-electron chi connectivity index (χ0n) is 17.9. The smallest absolute Gasteiger partial charge is 0.0575 e. The lowest BCUT2D eigenvalue weighted by atomic mass is 9.70. The molecule has 0 N–H and O–H groups in total. The van der Waals surface area contributed by atoms with E-state index >= 15 is 0 Å². The molecule has 3 aliphatic rings. The molecule has 1 nitrogen and oxygen atoms in total. The normalized spacial score (nSPS) is 39.0. The van der Waals surface area contributed by atoms with Gasteiger partial charge in [-0.25, -0.2) is 0 Å². The summed E-state index contributed by atoms with van der Waals surface area (Å²) >= 11 is 0. The Morgan fingerprint density at radius 2 is 0.962 bits per heavy atom.